The Hall–Kier alpha value is -0.800. The maximum absolute atomic E-state index is 11.1. The standard InChI is InChI=1S/C8H12N4O2S3/c1-2-3-15-7-11-12-8(17-7)16-4-5(13)10-6(9)14/h2-4H2,1H3,(H3,9,10,13,14). The van der Waals surface area contributed by atoms with E-state index >= 15 is 0 Å². The third-order valence-corrected chi connectivity index (χ3v) is 4.80. The zero-order valence-corrected chi connectivity index (χ0v) is 11.6. The molecule has 1 rings (SSSR count). The Kier molecular flexibility index (Phi) is 6.30. The lowest BCUT2D eigenvalue weighted by molar-refractivity contribution is -0.117. The summed E-state index contributed by atoms with van der Waals surface area (Å²) in [6, 6.07) is -0.841. The monoisotopic (exact) mass is 292 g/mol. The molecule has 0 saturated heterocycles. The highest BCUT2D eigenvalue weighted by molar-refractivity contribution is 8.03. The Balaban J connectivity index is 2.34. The Morgan fingerprint density at radius 3 is 2.59 bits per heavy atom. The summed E-state index contributed by atoms with van der Waals surface area (Å²) in [6.07, 6.45) is 1.08. The Bertz CT molecular complexity index is 396. The molecular formula is C8H12N4O2S3. The maximum Gasteiger partial charge on any atom is 0.318 e. The molecular weight excluding hydrogens is 280 g/mol. The van der Waals surface area contributed by atoms with Crippen LogP contribution in [0, 0.1) is 0 Å². The van der Waals surface area contributed by atoms with E-state index in [0.29, 0.717) is 4.34 Å². The number of nitrogens with zero attached hydrogens (tertiary/aromatic N) is 2. The van der Waals surface area contributed by atoms with Crippen molar-refractivity contribution < 1.29 is 9.59 Å². The van der Waals surface area contributed by atoms with Crippen LogP contribution in [0.5, 0.6) is 0 Å². The van der Waals surface area contributed by atoms with E-state index in [1.807, 2.05) is 5.32 Å². The first-order valence-corrected chi connectivity index (χ1v) is 7.59. The second-order valence-electron chi connectivity index (χ2n) is 2.88. The van der Waals surface area contributed by atoms with E-state index in [4.69, 9.17) is 5.73 Å². The molecule has 1 aromatic rings. The van der Waals surface area contributed by atoms with Gasteiger partial charge in [0.2, 0.25) is 5.91 Å². The van der Waals surface area contributed by atoms with Crippen LogP contribution >= 0.6 is 34.9 Å². The van der Waals surface area contributed by atoms with Crippen LogP contribution in [0.15, 0.2) is 8.68 Å². The van der Waals surface area contributed by atoms with Gasteiger partial charge in [-0.15, -0.1) is 10.2 Å². The molecule has 1 aromatic heterocycles. The molecule has 6 nitrogen and oxygen atoms in total. The van der Waals surface area contributed by atoms with Gasteiger partial charge in [0.15, 0.2) is 8.68 Å². The number of carbonyl (C=O) groups is 2. The number of aromatic nitrogens is 2. The molecule has 94 valence electrons. The molecule has 0 atom stereocenters. The predicted molar refractivity (Wildman–Crippen MR) is 69.4 cm³/mol. The lowest BCUT2D eigenvalue weighted by Gasteiger charge is -1.97. The van der Waals surface area contributed by atoms with Crippen molar-refractivity contribution in [1.29, 1.82) is 0 Å². The van der Waals surface area contributed by atoms with Crippen molar-refractivity contribution >= 4 is 46.8 Å². The molecule has 0 aliphatic carbocycles. The third kappa shape index (κ3) is 5.89. The van der Waals surface area contributed by atoms with E-state index in [1.54, 1.807) is 11.8 Å². The number of urea groups is 1. The number of amides is 3. The highest BCUT2D eigenvalue weighted by Crippen LogP contribution is 2.28. The van der Waals surface area contributed by atoms with E-state index in [0.717, 1.165) is 16.5 Å². The van der Waals surface area contributed by atoms with Gasteiger partial charge in [0.05, 0.1) is 5.75 Å². The number of nitrogens with one attached hydrogen (secondary N) is 1. The summed E-state index contributed by atoms with van der Waals surface area (Å²) in [7, 11) is 0. The molecule has 17 heavy (non-hydrogen) atoms. The molecule has 3 N–H and O–H groups in total. The van der Waals surface area contributed by atoms with E-state index < -0.39 is 11.9 Å². The lowest BCUT2D eigenvalue weighted by Crippen LogP contribution is -2.36. The summed E-state index contributed by atoms with van der Waals surface area (Å²) in [5.74, 6) is 0.678. The molecule has 0 fully saturated rings. The number of hydrogen-bond donors (Lipinski definition) is 2. The van der Waals surface area contributed by atoms with E-state index in [-0.39, 0.29) is 5.75 Å². The summed E-state index contributed by atoms with van der Waals surface area (Å²) >= 11 is 4.32. The highest BCUT2D eigenvalue weighted by Gasteiger charge is 2.09. The quantitative estimate of drug-likeness (QED) is 0.768. The third-order valence-electron chi connectivity index (χ3n) is 1.41. The van der Waals surface area contributed by atoms with Crippen molar-refractivity contribution in [2.75, 3.05) is 11.5 Å². The molecule has 0 aromatic carbocycles. The highest BCUT2D eigenvalue weighted by atomic mass is 32.2. The summed E-state index contributed by atoms with van der Waals surface area (Å²) in [5, 5.41) is 9.90. The second-order valence-corrected chi connectivity index (χ2v) is 6.43. The van der Waals surface area contributed by atoms with Crippen molar-refractivity contribution in [3.63, 3.8) is 0 Å². The number of imide groups is 1. The van der Waals surface area contributed by atoms with Crippen LogP contribution in [-0.4, -0.2) is 33.6 Å². The zero-order valence-electron chi connectivity index (χ0n) is 9.13. The predicted octanol–water partition coefficient (Wildman–Crippen LogP) is 1.33. The average molecular weight is 292 g/mol. The van der Waals surface area contributed by atoms with E-state index in [9.17, 15) is 9.59 Å². The van der Waals surface area contributed by atoms with Crippen LogP contribution in [0.3, 0.4) is 0 Å². The van der Waals surface area contributed by atoms with Gasteiger partial charge < -0.3 is 5.73 Å². The molecule has 0 aliphatic heterocycles. The zero-order chi connectivity index (χ0) is 12.7. The average Bonchev–Trinajstić information content (AvgIpc) is 2.70. The first-order chi connectivity index (χ1) is 8.11. The van der Waals surface area contributed by atoms with Crippen molar-refractivity contribution in [2.45, 2.75) is 22.0 Å². The maximum atomic E-state index is 11.1. The first-order valence-electron chi connectivity index (χ1n) is 4.80. The Morgan fingerprint density at radius 1 is 1.35 bits per heavy atom. The minimum absolute atomic E-state index is 0.107. The molecule has 0 aliphatic rings. The second kappa shape index (κ2) is 7.51. The fourth-order valence-electron chi connectivity index (χ4n) is 0.804. The van der Waals surface area contributed by atoms with Crippen LogP contribution in [0.25, 0.3) is 0 Å². The van der Waals surface area contributed by atoms with Gasteiger partial charge in [0.1, 0.15) is 0 Å². The van der Waals surface area contributed by atoms with Crippen LogP contribution in [-0.2, 0) is 4.79 Å². The summed E-state index contributed by atoms with van der Waals surface area (Å²) < 4.78 is 1.60. The van der Waals surface area contributed by atoms with E-state index in [2.05, 4.69) is 17.1 Å². The van der Waals surface area contributed by atoms with Gasteiger partial charge >= 0.3 is 6.03 Å². The Labute approximate surface area is 111 Å². The molecule has 0 unspecified atom stereocenters. The smallest absolute Gasteiger partial charge is 0.318 e. The summed E-state index contributed by atoms with van der Waals surface area (Å²) in [6.45, 7) is 2.10. The fraction of sp³-hybridized carbons (Fsp3) is 0.500. The van der Waals surface area contributed by atoms with Crippen LogP contribution < -0.4 is 11.1 Å². The number of rotatable bonds is 6. The molecule has 0 spiro atoms. The molecule has 0 saturated carbocycles. The number of hydrogen-bond acceptors (Lipinski definition) is 7. The van der Waals surface area contributed by atoms with Gasteiger partial charge in [0, 0.05) is 5.75 Å². The van der Waals surface area contributed by atoms with Crippen LogP contribution in [0.1, 0.15) is 13.3 Å². The molecule has 0 bridgehead atoms. The molecule has 9 heteroatoms. The topological polar surface area (TPSA) is 98.0 Å². The molecule has 0 radical (unpaired) electrons. The largest absolute Gasteiger partial charge is 0.351 e. The minimum atomic E-state index is -0.841. The normalized spacial score (nSPS) is 10.2. The van der Waals surface area contributed by atoms with Crippen molar-refractivity contribution in [3.8, 4) is 0 Å². The summed E-state index contributed by atoms with van der Waals surface area (Å²) in [5.41, 5.74) is 4.81. The van der Waals surface area contributed by atoms with Crippen molar-refractivity contribution in [1.82, 2.24) is 15.5 Å². The van der Waals surface area contributed by atoms with Crippen molar-refractivity contribution in [2.24, 2.45) is 5.73 Å². The van der Waals surface area contributed by atoms with Gasteiger partial charge in [-0.1, -0.05) is 41.8 Å². The van der Waals surface area contributed by atoms with E-state index in [1.165, 1.54) is 23.1 Å². The molecule has 3 amide bonds. The van der Waals surface area contributed by atoms with Crippen molar-refractivity contribution in [3.05, 3.63) is 0 Å². The Morgan fingerprint density at radius 2 is 2.00 bits per heavy atom. The van der Waals surface area contributed by atoms with Gasteiger partial charge in [-0.05, 0) is 6.42 Å². The SMILES string of the molecule is CCCSc1nnc(SCC(=O)NC(N)=O)s1. The van der Waals surface area contributed by atoms with Gasteiger partial charge in [0.25, 0.3) is 0 Å². The van der Waals surface area contributed by atoms with Gasteiger partial charge in [-0.2, -0.15) is 0 Å². The van der Waals surface area contributed by atoms with Crippen LogP contribution in [0.2, 0.25) is 0 Å². The lowest BCUT2D eigenvalue weighted by atomic mass is 10.6. The number of carbonyl (C=O) groups excluding carboxylic acids is 2. The van der Waals surface area contributed by atoms with Gasteiger partial charge in [-0.3, -0.25) is 10.1 Å². The number of primary amides is 1. The summed E-state index contributed by atoms with van der Waals surface area (Å²) in [4.78, 5) is 21.5. The first kappa shape index (κ1) is 14.3. The van der Waals surface area contributed by atoms with Gasteiger partial charge in [-0.25, -0.2) is 4.79 Å². The van der Waals surface area contributed by atoms with Crippen LogP contribution in [0.4, 0.5) is 4.79 Å². The number of thioether (sulfide) groups is 2. The minimum Gasteiger partial charge on any atom is -0.351 e. The number of nitrogens with two attached hydrogens (primary N) is 1. The molecule has 1 heterocycles. The fourth-order valence-corrected chi connectivity index (χ4v) is 3.55.